The lowest BCUT2D eigenvalue weighted by atomic mass is 10.0. The number of aliphatic imine (C=N–C) groups is 1. The normalized spacial score (nSPS) is 11.5. The number of ether oxygens (including phenoxy) is 1. The minimum absolute atomic E-state index is 0.275. The van der Waals surface area contributed by atoms with Crippen LogP contribution in [0.4, 0.5) is 0 Å². The van der Waals surface area contributed by atoms with Crippen molar-refractivity contribution >= 4 is 23.4 Å². The fourth-order valence-corrected chi connectivity index (χ4v) is 3.07. The van der Waals surface area contributed by atoms with Gasteiger partial charge >= 0.3 is 5.97 Å². The third-order valence-electron chi connectivity index (χ3n) is 3.98. The van der Waals surface area contributed by atoms with Crippen LogP contribution in [0, 0.1) is 0 Å². The molecule has 3 rings (SSSR count). The summed E-state index contributed by atoms with van der Waals surface area (Å²) >= 11 is 1.41. The van der Waals surface area contributed by atoms with Crippen LogP contribution in [0.5, 0.6) is 0 Å². The number of esters is 1. The van der Waals surface area contributed by atoms with Crippen molar-refractivity contribution in [1.82, 2.24) is 9.97 Å². The van der Waals surface area contributed by atoms with E-state index >= 15 is 0 Å². The van der Waals surface area contributed by atoms with E-state index < -0.39 is 12.0 Å². The van der Waals surface area contributed by atoms with Gasteiger partial charge in [-0.1, -0.05) is 72.4 Å². The molecule has 0 fully saturated rings. The van der Waals surface area contributed by atoms with Crippen molar-refractivity contribution in [3.05, 3.63) is 89.7 Å². The molecule has 2 aromatic carbocycles. The molecule has 5 nitrogen and oxygen atoms in total. The maximum absolute atomic E-state index is 12.7. The lowest BCUT2D eigenvalue weighted by Crippen LogP contribution is -2.18. The molecule has 28 heavy (non-hydrogen) atoms. The van der Waals surface area contributed by atoms with Gasteiger partial charge in [0, 0.05) is 17.3 Å². The number of benzene rings is 2. The molecule has 6 heteroatoms. The van der Waals surface area contributed by atoms with Crippen LogP contribution < -0.4 is 0 Å². The fourth-order valence-electron chi connectivity index (χ4n) is 2.70. The Morgan fingerprint density at radius 1 is 1.04 bits per heavy atom. The molecule has 0 aliphatic heterocycles. The molecular formula is C22H21N3O2S. The number of carbonyl (C=O) groups excluding carboxylic acids is 1. The first-order valence-electron chi connectivity index (χ1n) is 8.95. The Morgan fingerprint density at radius 2 is 1.64 bits per heavy atom. The van der Waals surface area contributed by atoms with Crippen molar-refractivity contribution in [3.8, 4) is 0 Å². The van der Waals surface area contributed by atoms with Gasteiger partial charge in [-0.25, -0.2) is 14.8 Å². The monoisotopic (exact) mass is 391 g/mol. The van der Waals surface area contributed by atoms with E-state index in [4.69, 9.17) is 9.73 Å². The van der Waals surface area contributed by atoms with Crippen LogP contribution in [0.25, 0.3) is 0 Å². The van der Waals surface area contributed by atoms with Gasteiger partial charge < -0.3 is 4.74 Å². The number of hydrogen-bond acceptors (Lipinski definition) is 6. The summed E-state index contributed by atoms with van der Waals surface area (Å²) in [6.45, 7) is 2.05. The average Bonchev–Trinajstić information content (AvgIpc) is 2.76. The largest absolute Gasteiger partial charge is 0.464 e. The molecular weight excluding hydrogens is 370 g/mol. The highest BCUT2D eigenvalue weighted by Crippen LogP contribution is 2.23. The van der Waals surface area contributed by atoms with E-state index in [0.717, 1.165) is 11.1 Å². The van der Waals surface area contributed by atoms with Gasteiger partial charge in [0.1, 0.15) is 0 Å². The van der Waals surface area contributed by atoms with Crippen LogP contribution in [0.2, 0.25) is 0 Å². The van der Waals surface area contributed by atoms with Gasteiger partial charge in [0.05, 0.1) is 18.0 Å². The number of carbonyl (C=O) groups is 1. The summed E-state index contributed by atoms with van der Waals surface area (Å²) in [6.07, 6.45) is 3.53. The van der Waals surface area contributed by atoms with Gasteiger partial charge in [0.2, 0.25) is 0 Å². The van der Waals surface area contributed by atoms with Gasteiger partial charge in [-0.3, -0.25) is 4.99 Å². The van der Waals surface area contributed by atoms with E-state index in [1.807, 2.05) is 66.9 Å². The summed E-state index contributed by atoms with van der Waals surface area (Å²) in [5, 5.41) is 0.586. The van der Waals surface area contributed by atoms with E-state index in [0.29, 0.717) is 16.6 Å². The van der Waals surface area contributed by atoms with E-state index in [1.165, 1.54) is 11.8 Å². The molecule has 0 amide bonds. The molecule has 1 unspecified atom stereocenters. The molecule has 0 saturated carbocycles. The molecule has 0 saturated heterocycles. The summed E-state index contributed by atoms with van der Waals surface area (Å²) in [6, 6.07) is 20.4. The third-order valence-corrected chi connectivity index (χ3v) is 4.54. The van der Waals surface area contributed by atoms with Crippen LogP contribution in [-0.4, -0.2) is 34.5 Å². The summed E-state index contributed by atoms with van der Waals surface area (Å²) in [5.41, 5.74) is 3.06. The van der Waals surface area contributed by atoms with Crippen LogP contribution in [-0.2, 0) is 9.53 Å². The smallest absolute Gasteiger partial charge is 0.337 e. The second-order valence-electron chi connectivity index (χ2n) is 5.83. The SMILES string of the molecule is CCOC(=O)C(N=C(c1ccccc1)c1ccccc1)c1ccnc(SC)n1. The first-order chi connectivity index (χ1) is 13.7. The van der Waals surface area contributed by atoms with Crippen molar-refractivity contribution < 1.29 is 9.53 Å². The molecule has 142 valence electrons. The van der Waals surface area contributed by atoms with Crippen molar-refractivity contribution in [2.75, 3.05) is 12.9 Å². The van der Waals surface area contributed by atoms with Gasteiger partial charge in [-0.15, -0.1) is 0 Å². The molecule has 0 radical (unpaired) electrons. The predicted molar refractivity (Wildman–Crippen MR) is 112 cm³/mol. The lowest BCUT2D eigenvalue weighted by Gasteiger charge is -2.15. The predicted octanol–water partition coefficient (Wildman–Crippen LogP) is 4.34. The van der Waals surface area contributed by atoms with Gasteiger partial charge in [0.15, 0.2) is 11.2 Å². The second kappa shape index (κ2) is 9.80. The molecule has 3 aromatic rings. The number of hydrogen-bond donors (Lipinski definition) is 0. The number of thioether (sulfide) groups is 1. The van der Waals surface area contributed by atoms with Crippen molar-refractivity contribution in [2.45, 2.75) is 18.1 Å². The molecule has 1 aromatic heterocycles. The summed E-state index contributed by atoms with van der Waals surface area (Å²) < 4.78 is 5.29. The van der Waals surface area contributed by atoms with Crippen molar-refractivity contribution in [1.29, 1.82) is 0 Å². The first kappa shape index (κ1) is 19.8. The van der Waals surface area contributed by atoms with Gasteiger partial charge in [0.25, 0.3) is 0 Å². The Labute approximate surface area is 168 Å². The Balaban J connectivity index is 2.14. The maximum atomic E-state index is 12.7. The number of nitrogens with zero attached hydrogens (tertiary/aromatic N) is 3. The number of rotatable bonds is 7. The molecule has 1 heterocycles. The fraction of sp³-hybridized carbons (Fsp3) is 0.182. The van der Waals surface area contributed by atoms with Gasteiger partial charge in [-0.05, 0) is 19.2 Å². The lowest BCUT2D eigenvalue weighted by molar-refractivity contribution is -0.144. The van der Waals surface area contributed by atoms with E-state index in [1.54, 1.807) is 19.2 Å². The summed E-state index contributed by atoms with van der Waals surface area (Å²) in [7, 11) is 0. The third kappa shape index (κ3) is 4.84. The Bertz CT molecular complexity index is 905. The topological polar surface area (TPSA) is 64.4 Å². The summed E-state index contributed by atoms with van der Waals surface area (Å²) in [4.78, 5) is 26.2. The quantitative estimate of drug-likeness (QED) is 0.259. The van der Waals surface area contributed by atoms with Gasteiger partial charge in [-0.2, -0.15) is 0 Å². The summed E-state index contributed by atoms with van der Waals surface area (Å²) in [5.74, 6) is -0.433. The van der Waals surface area contributed by atoms with Crippen molar-refractivity contribution in [2.24, 2.45) is 4.99 Å². The number of aromatic nitrogens is 2. The second-order valence-corrected chi connectivity index (χ2v) is 6.61. The Morgan fingerprint density at radius 3 is 2.18 bits per heavy atom. The minimum atomic E-state index is -0.871. The highest BCUT2D eigenvalue weighted by atomic mass is 32.2. The Hall–Kier alpha value is -2.99. The molecule has 0 spiro atoms. The Kier molecular flexibility index (Phi) is 6.92. The zero-order valence-corrected chi connectivity index (χ0v) is 16.6. The van der Waals surface area contributed by atoms with Crippen LogP contribution in [0.3, 0.4) is 0 Å². The highest BCUT2D eigenvalue weighted by Gasteiger charge is 2.25. The average molecular weight is 391 g/mol. The molecule has 1 atom stereocenters. The van der Waals surface area contributed by atoms with E-state index in [2.05, 4.69) is 9.97 Å². The molecule has 0 aliphatic rings. The zero-order chi connectivity index (χ0) is 19.8. The van der Waals surface area contributed by atoms with Crippen molar-refractivity contribution in [3.63, 3.8) is 0 Å². The molecule has 0 bridgehead atoms. The minimum Gasteiger partial charge on any atom is -0.464 e. The molecule has 0 aliphatic carbocycles. The maximum Gasteiger partial charge on any atom is 0.337 e. The first-order valence-corrected chi connectivity index (χ1v) is 10.2. The molecule has 0 N–H and O–H groups in total. The van der Waals surface area contributed by atoms with Crippen LogP contribution in [0.15, 0.2) is 83.1 Å². The highest BCUT2D eigenvalue weighted by molar-refractivity contribution is 7.98. The van der Waals surface area contributed by atoms with E-state index in [9.17, 15) is 4.79 Å². The standard InChI is InChI=1S/C22H21N3O2S/c1-3-27-21(26)20(18-14-15-23-22(24-18)28-2)25-19(16-10-6-4-7-11-16)17-12-8-5-9-13-17/h4-15,20H,3H2,1-2H3. The van der Waals surface area contributed by atoms with E-state index in [-0.39, 0.29) is 6.61 Å². The zero-order valence-electron chi connectivity index (χ0n) is 15.8. The van der Waals surface area contributed by atoms with Crippen LogP contribution >= 0.6 is 11.8 Å². The van der Waals surface area contributed by atoms with Crippen LogP contribution in [0.1, 0.15) is 29.8 Å².